The van der Waals surface area contributed by atoms with Crippen LogP contribution in [-0.2, 0) is 0 Å². The Morgan fingerprint density at radius 1 is 1.28 bits per heavy atom. The standard InChI is InChI=1S/C14H21NO3/c1-17-13-4-6-14(7-5-13)18-10-9-15-8-2-3-12(15)11-16/h4-7,12,16H,2-3,8-11H2,1H3/t12-/m0/s1. The van der Waals surface area contributed by atoms with Gasteiger partial charge in [0.1, 0.15) is 18.1 Å². The summed E-state index contributed by atoms with van der Waals surface area (Å²) < 4.78 is 10.8. The molecule has 1 aliphatic rings. The number of aliphatic hydroxyl groups is 1. The molecule has 100 valence electrons. The molecule has 0 saturated carbocycles. The van der Waals surface area contributed by atoms with Crippen LogP contribution in [0.1, 0.15) is 12.8 Å². The van der Waals surface area contributed by atoms with E-state index in [9.17, 15) is 5.11 Å². The van der Waals surface area contributed by atoms with Crippen molar-refractivity contribution in [2.45, 2.75) is 18.9 Å². The Bertz CT molecular complexity index is 353. The van der Waals surface area contributed by atoms with Gasteiger partial charge < -0.3 is 14.6 Å². The predicted octanol–water partition coefficient (Wildman–Crippen LogP) is 1.53. The van der Waals surface area contributed by atoms with Crippen LogP contribution >= 0.6 is 0 Å². The highest BCUT2D eigenvalue weighted by Crippen LogP contribution is 2.18. The average Bonchev–Trinajstić information content (AvgIpc) is 2.87. The van der Waals surface area contributed by atoms with Gasteiger partial charge in [0.25, 0.3) is 0 Å². The molecule has 1 N–H and O–H groups in total. The van der Waals surface area contributed by atoms with Crippen LogP contribution in [0.2, 0.25) is 0 Å². The number of hydrogen-bond acceptors (Lipinski definition) is 4. The first-order valence-electron chi connectivity index (χ1n) is 6.45. The van der Waals surface area contributed by atoms with Crippen LogP contribution in [-0.4, -0.2) is 49.5 Å². The molecule has 0 aromatic heterocycles. The SMILES string of the molecule is COc1ccc(OCCN2CCC[C@H]2CO)cc1. The van der Waals surface area contributed by atoms with Crippen LogP contribution in [0.25, 0.3) is 0 Å². The van der Waals surface area contributed by atoms with Crippen molar-refractivity contribution in [1.82, 2.24) is 4.90 Å². The van der Waals surface area contributed by atoms with E-state index in [1.807, 2.05) is 24.3 Å². The molecule has 0 unspecified atom stereocenters. The smallest absolute Gasteiger partial charge is 0.119 e. The van der Waals surface area contributed by atoms with E-state index in [-0.39, 0.29) is 6.61 Å². The summed E-state index contributed by atoms with van der Waals surface area (Å²) in [6.07, 6.45) is 2.27. The summed E-state index contributed by atoms with van der Waals surface area (Å²) in [4.78, 5) is 2.30. The van der Waals surface area contributed by atoms with E-state index in [0.29, 0.717) is 12.6 Å². The highest BCUT2D eigenvalue weighted by atomic mass is 16.5. The largest absolute Gasteiger partial charge is 0.497 e. The number of benzene rings is 1. The molecule has 0 amide bonds. The van der Waals surface area contributed by atoms with Crippen molar-refractivity contribution in [3.8, 4) is 11.5 Å². The molecule has 0 aliphatic carbocycles. The molecular formula is C14H21NO3. The van der Waals surface area contributed by atoms with Gasteiger partial charge in [-0.15, -0.1) is 0 Å². The van der Waals surface area contributed by atoms with E-state index in [4.69, 9.17) is 9.47 Å². The number of ether oxygens (including phenoxy) is 2. The highest BCUT2D eigenvalue weighted by Gasteiger charge is 2.22. The molecule has 0 bridgehead atoms. The molecule has 18 heavy (non-hydrogen) atoms. The van der Waals surface area contributed by atoms with Crippen molar-refractivity contribution in [3.05, 3.63) is 24.3 Å². The fraction of sp³-hybridized carbons (Fsp3) is 0.571. The van der Waals surface area contributed by atoms with Crippen molar-refractivity contribution in [3.63, 3.8) is 0 Å². The quantitative estimate of drug-likeness (QED) is 0.832. The van der Waals surface area contributed by atoms with Gasteiger partial charge in [0.05, 0.1) is 13.7 Å². The van der Waals surface area contributed by atoms with E-state index in [1.54, 1.807) is 7.11 Å². The molecule has 1 aromatic rings. The molecule has 1 atom stereocenters. The Morgan fingerprint density at radius 2 is 2.00 bits per heavy atom. The van der Waals surface area contributed by atoms with Gasteiger partial charge in [-0.2, -0.15) is 0 Å². The van der Waals surface area contributed by atoms with Crippen LogP contribution in [0.3, 0.4) is 0 Å². The first kappa shape index (κ1) is 13.2. The van der Waals surface area contributed by atoms with Gasteiger partial charge in [-0.05, 0) is 43.7 Å². The van der Waals surface area contributed by atoms with Crippen molar-refractivity contribution >= 4 is 0 Å². The molecule has 1 heterocycles. The highest BCUT2D eigenvalue weighted by molar-refractivity contribution is 5.31. The monoisotopic (exact) mass is 251 g/mol. The normalized spacial score (nSPS) is 20.0. The predicted molar refractivity (Wildman–Crippen MR) is 70.2 cm³/mol. The molecule has 2 rings (SSSR count). The molecular weight excluding hydrogens is 230 g/mol. The number of likely N-dealkylation sites (tertiary alicyclic amines) is 1. The lowest BCUT2D eigenvalue weighted by Gasteiger charge is -2.22. The molecule has 0 radical (unpaired) electrons. The molecule has 4 nitrogen and oxygen atoms in total. The minimum Gasteiger partial charge on any atom is -0.497 e. The van der Waals surface area contributed by atoms with Gasteiger partial charge in [0, 0.05) is 12.6 Å². The van der Waals surface area contributed by atoms with Crippen LogP contribution < -0.4 is 9.47 Å². The zero-order valence-corrected chi connectivity index (χ0v) is 10.8. The third-order valence-corrected chi connectivity index (χ3v) is 3.42. The number of rotatable bonds is 6. The number of nitrogens with zero attached hydrogens (tertiary/aromatic N) is 1. The van der Waals surface area contributed by atoms with Gasteiger partial charge in [-0.1, -0.05) is 0 Å². The maximum atomic E-state index is 9.21. The van der Waals surface area contributed by atoms with Crippen molar-refractivity contribution in [2.24, 2.45) is 0 Å². The maximum Gasteiger partial charge on any atom is 0.119 e. The molecule has 1 aliphatic heterocycles. The van der Waals surface area contributed by atoms with Crippen LogP contribution in [0, 0.1) is 0 Å². The molecule has 4 heteroatoms. The Balaban J connectivity index is 1.74. The Morgan fingerprint density at radius 3 is 2.67 bits per heavy atom. The Labute approximate surface area is 108 Å². The van der Waals surface area contributed by atoms with Crippen molar-refractivity contribution in [1.29, 1.82) is 0 Å². The molecule has 1 fully saturated rings. The van der Waals surface area contributed by atoms with E-state index in [2.05, 4.69) is 4.90 Å². The summed E-state index contributed by atoms with van der Waals surface area (Å²) in [5, 5.41) is 9.21. The number of methoxy groups -OCH3 is 1. The zero-order valence-electron chi connectivity index (χ0n) is 10.8. The van der Waals surface area contributed by atoms with Crippen molar-refractivity contribution < 1.29 is 14.6 Å². The van der Waals surface area contributed by atoms with Crippen LogP contribution in [0.5, 0.6) is 11.5 Å². The lowest BCUT2D eigenvalue weighted by Crippen LogP contribution is -2.35. The minimum atomic E-state index is 0.253. The summed E-state index contributed by atoms with van der Waals surface area (Å²) in [5.41, 5.74) is 0. The maximum absolute atomic E-state index is 9.21. The first-order chi connectivity index (χ1) is 8.83. The topological polar surface area (TPSA) is 41.9 Å². The summed E-state index contributed by atoms with van der Waals surface area (Å²) >= 11 is 0. The second-order valence-electron chi connectivity index (χ2n) is 4.54. The number of hydrogen-bond donors (Lipinski definition) is 1. The summed E-state index contributed by atoms with van der Waals surface area (Å²) in [5.74, 6) is 1.69. The second kappa shape index (κ2) is 6.61. The van der Waals surface area contributed by atoms with E-state index < -0.39 is 0 Å². The van der Waals surface area contributed by atoms with Gasteiger partial charge in [0.15, 0.2) is 0 Å². The summed E-state index contributed by atoms with van der Waals surface area (Å²) in [7, 11) is 1.65. The van der Waals surface area contributed by atoms with E-state index >= 15 is 0 Å². The summed E-state index contributed by atoms with van der Waals surface area (Å²) in [6, 6.07) is 7.92. The Kier molecular flexibility index (Phi) is 4.84. The van der Waals surface area contributed by atoms with Crippen molar-refractivity contribution in [2.75, 3.05) is 33.4 Å². The second-order valence-corrected chi connectivity index (χ2v) is 4.54. The average molecular weight is 251 g/mol. The molecule has 1 aromatic carbocycles. The molecule has 0 spiro atoms. The minimum absolute atomic E-state index is 0.253. The van der Waals surface area contributed by atoms with Gasteiger partial charge in [0.2, 0.25) is 0 Å². The fourth-order valence-corrected chi connectivity index (χ4v) is 2.35. The van der Waals surface area contributed by atoms with Gasteiger partial charge in [-0.25, -0.2) is 0 Å². The lowest BCUT2D eigenvalue weighted by molar-refractivity contribution is 0.139. The van der Waals surface area contributed by atoms with E-state index in [1.165, 1.54) is 6.42 Å². The summed E-state index contributed by atoms with van der Waals surface area (Å²) in [6.45, 7) is 2.85. The van der Waals surface area contributed by atoms with Gasteiger partial charge >= 0.3 is 0 Å². The van der Waals surface area contributed by atoms with Crippen LogP contribution in [0.15, 0.2) is 24.3 Å². The van der Waals surface area contributed by atoms with Gasteiger partial charge in [-0.3, -0.25) is 4.90 Å². The number of aliphatic hydroxyl groups excluding tert-OH is 1. The fourth-order valence-electron chi connectivity index (χ4n) is 2.35. The third kappa shape index (κ3) is 3.37. The zero-order chi connectivity index (χ0) is 12.8. The first-order valence-corrected chi connectivity index (χ1v) is 6.45. The molecule has 1 saturated heterocycles. The van der Waals surface area contributed by atoms with E-state index in [0.717, 1.165) is 31.0 Å². The third-order valence-electron chi connectivity index (χ3n) is 3.42. The van der Waals surface area contributed by atoms with Crippen LogP contribution in [0.4, 0.5) is 0 Å². The lowest BCUT2D eigenvalue weighted by atomic mass is 10.2. The Hall–Kier alpha value is -1.26.